The van der Waals surface area contributed by atoms with Crippen LogP contribution < -0.4 is 11.1 Å². The van der Waals surface area contributed by atoms with Crippen molar-refractivity contribution in [1.82, 2.24) is 10.3 Å². The maximum atomic E-state index is 12.3. The smallest absolute Gasteiger partial charge is 0.270 e. The van der Waals surface area contributed by atoms with Gasteiger partial charge in [-0.1, -0.05) is 30.3 Å². The second-order valence-corrected chi connectivity index (χ2v) is 5.59. The van der Waals surface area contributed by atoms with E-state index in [9.17, 15) is 9.59 Å². The minimum Gasteiger partial charge on any atom is -0.367 e. The van der Waals surface area contributed by atoms with E-state index in [4.69, 9.17) is 5.73 Å². The molecule has 0 aliphatic rings. The van der Waals surface area contributed by atoms with E-state index >= 15 is 0 Å². The Kier molecular flexibility index (Phi) is 4.37. The number of nitrogens with zero attached hydrogens (tertiary/aromatic N) is 1. The van der Waals surface area contributed by atoms with Gasteiger partial charge in [0.2, 0.25) is 5.91 Å². The number of nitrogens with one attached hydrogen (secondary N) is 1. The Morgan fingerprint density at radius 2 is 1.86 bits per heavy atom. The molecular weight excluding hydrogens is 334 g/mol. The predicted octanol–water partition coefficient (Wildman–Crippen LogP) is 1.97. The Morgan fingerprint density at radius 1 is 1.19 bits per heavy atom. The molecule has 0 saturated carbocycles. The van der Waals surface area contributed by atoms with Gasteiger partial charge in [0, 0.05) is 10.7 Å². The van der Waals surface area contributed by atoms with Crippen LogP contribution in [0.1, 0.15) is 23.0 Å². The Balaban J connectivity index is 2.31. The highest BCUT2D eigenvalue weighted by Crippen LogP contribution is 2.20. The zero-order chi connectivity index (χ0) is 15.5. The number of rotatable bonds is 4. The van der Waals surface area contributed by atoms with Crippen LogP contribution in [0.25, 0.3) is 0 Å². The van der Waals surface area contributed by atoms with Gasteiger partial charge in [0.05, 0.1) is 0 Å². The quantitative estimate of drug-likeness (QED) is 0.886. The Bertz CT molecular complexity index is 658. The molecule has 2 rings (SSSR count). The number of hydrogen-bond donors (Lipinski definition) is 2. The van der Waals surface area contributed by atoms with Gasteiger partial charge in [-0.05, 0) is 40.5 Å². The Labute approximate surface area is 130 Å². The number of primary amides is 1. The summed E-state index contributed by atoms with van der Waals surface area (Å²) >= 11 is 3.25. The molecular formula is C15H14BrN3O2. The van der Waals surface area contributed by atoms with Crippen molar-refractivity contribution in [2.45, 2.75) is 12.5 Å². The molecule has 108 valence electrons. The highest BCUT2D eigenvalue weighted by atomic mass is 79.9. The summed E-state index contributed by atoms with van der Waals surface area (Å²) in [6, 6.07) is 12.1. The van der Waals surface area contributed by atoms with Gasteiger partial charge in [0.1, 0.15) is 11.2 Å². The van der Waals surface area contributed by atoms with Crippen molar-refractivity contribution in [3.8, 4) is 0 Å². The third-order valence-electron chi connectivity index (χ3n) is 3.17. The maximum Gasteiger partial charge on any atom is 0.270 e. The summed E-state index contributed by atoms with van der Waals surface area (Å²) in [6.45, 7) is 1.57. The summed E-state index contributed by atoms with van der Waals surface area (Å²) in [7, 11) is 0. The van der Waals surface area contributed by atoms with Crippen molar-refractivity contribution in [3.05, 3.63) is 64.4 Å². The number of benzene rings is 1. The van der Waals surface area contributed by atoms with Gasteiger partial charge in [-0.25, -0.2) is 4.98 Å². The highest BCUT2D eigenvalue weighted by molar-refractivity contribution is 9.10. The zero-order valence-electron chi connectivity index (χ0n) is 11.3. The normalized spacial score (nSPS) is 13.2. The molecule has 3 N–H and O–H groups in total. The first-order valence-electron chi connectivity index (χ1n) is 6.23. The Hall–Kier alpha value is -2.21. The molecule has 2 amide bonds. The summed E-state index contributed by atoms with van der Waals surface area (Å²) in [4.78, 5) is 28.1. The topological polar surface area (TPSA) is 85.1 Å². The predicted molar refractivity (Wildman–Crippen MR) is 82.4 cm³/mol. The molecule has 2 aromatic rings. The summed E-state index contributed by atoms with van der Waals surface area (Å²) in [5.41, 5.74) is 5.00. The molecule has 1 aromatic heterocycles. The van der Waals surface area contributed by atoms with E-state index in [1.54, 1.807) is 43.3 Å². The molecule has 0 aliphatic carbocycles. The van der Waals surface area contributed by atoms with E-state index in [-0.39, 0.29) is 5.69 Å². The third kappa shape index (κ3) is 3.28. The van der Waals surface area contributed by atoms with Crippen molar-refractivity contribution in [2.24, 2.45) is 5.73 Å². The van der Waals surface area contributed by atoms with E-state index in [1.165, 1.54) is 6.20 Å². The number of carbonyl (C=O) groups is 2. The molecule has 1 heterocycles. The number of amides is 2. The van der Waals surface area contributed by atoms with Gasteiger partial charge in [-0.2, -0.15) is 0 Å². The van der Waals surface area contributed by atoms with Crippen molar-refractivity contribution < 1.29 is 9.59 Å². The van der Waals surface area contributed by atoms with E-state index in [2.05, 4.69) is 26.2 Å². The van der Waals surface area contributed by atoms with Crippen LogP contribution in [-0.2, 0) is 10.3 Å². The van der Waals surface area contributed by atoms with Crippen molar-refractivity contribution >= 4 is 27.7 Å². The van der Waals surface area contributed by atoms with E-state index in [0.717, 1.165) is 4.47 Å². The highest BCUT2D eigenvalue weighted by Gasteiger charge is 2.35. The molecule has 1 atom stereocenters. The monoisotopic (exact) mass is 347 g/mol. The molecule has 5 nitrogen and oxygen atoms in total. The van der Waals surface area contributed by atoms with Crippen LogP contribution in [-0.4, -0.2) is 16.8 Å². The molecule has 0 bridgehead atoms. The van der Waals surface area contributed by atoms with Gasteiger partial charge in [-0.15, -0.1) is 0 Å². The molecule has 0 fully saturated rings. The van der Waals surface area contributed by atoms with Crippen LogP contribution in [0.3, 0.4) is 0 Å². The maximum absolute atomic E-state index is 12.3. The number of aromatic nitrogens is 1. The fourth-order valence-corrected chi connectivity index (χ4v) is 2.08. The lowest BCUT2D eigenvalue weighted by Gasteiger charge is -2.27. The lowest BCUT2D eigenvalue weighted by Crippen LogP contribution is -2.52. The SMILES string of the molecule is C[C@@](NC(=O)c1ccc(Br)cn1)(C(N)=O)c1ccccc1. The van der Waals surface area contributed by atoms with Crippen LogP contribution in [0, 0.1) is 0 Å². The largest absolute Gasteiger partial charge is 0.367 e. The minimum absolute atomic E-state index is 0.210. The first-order valence-corrected chi connectivity index (χ1v) is 7.02. The molecule has 0 radical (unpaired) electrons. The fourth-order valence-electron chi connectivity index (χ4n) is 1.85. The fraction of sp³-hybridized carbons (Fsp3) is 0.133. The molecule has 6 heteroatoms. The molecule has 0 spiro atoms. The number of carbonyl (C=O) groups excluding carboxylic acids is 2. The first-order chi connectivity index (χ1) is 9.93. The van der Waals surface area contributed by atoms with Crippen LogP contribution >= 0.6 is 15.9 Å². The van der Waals surface area contributed by atoms with Gasteiger partial charge >= 0.3 is 0 Å². The van der Waals surface area contributed by atoms with Gasteiger partial charge < -0.3 is 11.1 Å². The summed E-state index contributed by atoms with van der Waals surface area (Å²) in [5.74, 6) is -1.10. The number of hydrogen-bond acceptors (Lipinski definition) is 3. The second-order valence-electron chi connectivity index (χ2n) is 4.67. The van der Waals surface area contributed by atoms with E-state index < -0.39 is 17.4 Å². The van der Waals surface area contributed by atoms with Crippen LogP contribution in [0.4, 0.5) is 0 Å². The molecule has 0 saturated heterocycles. The summed E-state index contributed by atoms with van der Waals surface area (Å²) in [6.07, 6.45) is 1.51. The van der Waals surface area contributed by atoms with Crippen LogP contribution in [0.15, 0.2) is 53.1 Å². The minimum atomic E-state index is -1.30. The van der Waals surface area contributed by atoms with Crippen molar-refractivity contribution in [3.63, 3.8) is 0 Å². The average Bonchev–Trinajstić information content (AvgIpc) is 2.48. The Morgan fingerprint density at radius 3 is 2.38 bits per heavy atom. The lowest BCUT2D eigenvalue weighted by atomic mass is 9.91. The number of nitrogens with two attached hydrogens (primary N) is 1. The second kappa shape index (κ2) is 6.05. The van der Waals surface area contributed by atoms with Crippen LogP contribution in [0.5, 0.6) is 0 Å². The molecule has 1 aromatic carbocycles. The standard InChI is InChI=1S/C15H14BrN3O2/c1-15(14(17)21,10-5-3-2-4-6-10)19-13(20)12-8-7-11(16)9-18-12/h2-9H,1H3,(H2,17,21)(H,19,20)/t15-/m0/s1. The number of pyridine rings is 1. The van der Waals surface area contributed by atoms with Gasteiger partial charge in [0.15, 0.2) is 0 Å². The molecule has 0 unspecified atom stereocenters. The lowest BCUT2D eigenvalue weighted by molar-refractivity contribution is -0.123. The van der Waals surface area contributed by atoms with E-state index in [1.807, 2.05) is 6.07 Å². The average molecular weight is 348 g/mol. The van der Waals surface area contributed by atoms with Gasteiger partial charge in [0.25, 0.3) is 5.91 Å². The molecule has 21 heavy (non-hydrogen) atoms. The summed E-state index contributed by atoms with van der Waals surface area (Å²) in [5, 5.41) is 2.65. The molecule has 0 aliphatic heterocycles. The van der Waals surface area contributed by atoms with Crippen LogP contribution in [0.2, 0.25) is 0 Å². The number of halogens is 1. The van der Waals surface area contributed by atoms with Crippen molar-refractivity contribution in [2.75, 3.05) is 0 Å². The van der Waals surface area contributed by atoms with E-state index in [0.29, 0.717) is 5.56 Å². The van der Waals surface area contributed by atoms with Crippen molar-refractivity contribution in [1.29, 1.82) is 0 Å². The summed E-state index contributed by atoms with van der Waals surface area (Å²) < 4.78 is 0.764. The first kappa shape index (κ1) is 15.2. The van der Waals surface area contributed by atoms with Gasteiger partial charge in [-0.3, -0.25) is 9.59 Å². The third-order valence-corrected chi connectivity index (χ3v) is 3.64. The zero-order valence-corrected chi connectivity index (χ0v) is 12.9.